The van der Waals surface area contributed by atoms with Crippen LogP contribution in [-0.2, 0) is 0 Å². The maximum atomic E-state index is 4.46. The highest BCUT2D eigenvalue weighted by molar-refractivity contribution is 5.97. The Morgan fingerprint density at radius 3 is 2.79 bits per heavy atom. The number of pyridine rings is 1. The second-order valence-corrected chi connectivity index (χ2v) is 6.17. The Morgan fingerprint density at radius 2 is 2.00 bits per heavy atom. The van der Waals surface area contributed by atoms with Crippen LogP contribution in [0.4, 0.5) is 0 Å². The highest BCUT2D eigenvalue weighted by atomic mass is 15.1. The molecule has 0 spiro atoms. The normalized spacial score (nSPS) is 11.1. The van der Waals surface area contributed by atoms with E-state index in [-0.39, 0.29) is 0 Å². The Hall–Kier alpha value is -2.94. The monoisotopic (exact) mass is 315 g/mol. The molecule has 1 aromatic carbocycles. The smallest absolute Gasteiger partial charge is 0.0722 e. The summed E-state index contributed by atoms with van der Waals surface area (Å²) in [5.74, 6) is 0. The van der Waals surface area contributed by atoms with E-state index in [0.717, 1.165) is 33.3 Å². The highest BCUT2D eigenvalue weighted by Crippen LogP contribution is 2.32. The number of hydrogen-bond donors (Lipinski definition) is 1. The van der Waals surface area contributed by atoms with E-state index in [1.54, 1.807) is 0 Å². The summed E-state index contributed by atoms with van der Waals surface area (Å²) in [6.07, 6.45) is 9.76. The molecule has 120 valence electrons. The van der Waals surface area contributed by atoms with Gasteiger partial charge in [-0.15, -0.1) is 0 Å². The fraction of sp³-hybridized carbons (Fsp3) is 0.143. The fourth-order valence-electron chi connectivity index (χ4n) is 2.67. The molecule has 24 heavy (non-hydrogen) atoms. The molecule has 0 fully saturated rings. The van der Waals surface area contributed by atoms with Crippen molar-refractivity contribution in [3.8, 4) is 11.1 Å². The van der Waals surface area contributed by atoms with Gasteiger partial charge in [0.25, 0.3) is 0 Å². The molecule has 0 radical (unpaired) electrons. The second-order valence-electron chi connectivity index (χ2n) is 6.17. The Balaban J connectivity index is 2.08. The van der Waals surface area contributed by atoms with E-state index in [2.05, 4.69) is 66.8 Å². The first-order chi connectivity index (χ1) is 11.6. The number of H-pyrrole nitrogens is 1. The number of allylic oxidation sites excluding steroid dienone is 5. The van der Waals surface area contributed by atoms with Crippen LogP contribution in [0.2, 0.25) is 0 Å². The van der Waals surface area contributed by atoms with Gasteiger partial charge >= 0.3 is 0 Å². The van der Waals surface area contributed by atoms with E-state index in [1.165, 1.54) is 11.1 Å². The van der Waals surface area contributed by atoms with Gasteiger partial charge in [0.2, 0.25) is 0 Å². The van der Waals surface area contributed by atoms with Gasteiger partial charge in [-0.2, -0.15) is 5.10 Å². The average molecular weight is 315 g/mol. The number of benzene rings is 1. The molecule has 0 aliphatic rings. The Labute approximate surface area is 142 Å². The molecular formula is C21H21N3. The van der Waals surface area contributed by atoms with Crippen molar-refractivity contribution in [1.82, 2.24) is 15.2 Å². The molecule has 0 bridgehead atoms. The molecule has 0 aliphatic heterocycles. The van der Waals surface area contributed by atoms with Crippen LogP contribution in [0.3, 0.4) is 0 Å². The highest BCUT2D eigenvalue weighted by Gasteiger charge is 2.12. The van der Waals surface area contributed by atoms with Crippen LogP contribution >= 0.6 is 0 Å². The van der Waals surface area contributed by atoms with Crippen LogP contribution in [0.25, 0.3) is 27.6 Å². The lowest BCUT2D eigenvalue weighted by molar-refractivity contribution is 1.08. The summed E-state index contributed by atoms with van der Waals surface area (Å²) >= 11 is 0. The third-order valence-electron chi connectivity index (χ3n) is 3.87. The molecule has 3 nitrogen and oxygen atoms in total. The molecule has 0 amide bonds. The van der Waals surface area contributed by atoms with E-state index in [9.17, 15) is 0 Å². The van der Waals surface area contributed by atoms with Gasteiger partial charge in [0.15, 0.2) is 0 Å². The zero-order valence-corrected chi connectivity index (χ0v) is 14.3. The number of nitrogens with zero attached hydrogens (tertiary/aromatic N) is 2. The van der Waals surface area contributed by atoms with Crippen LogP contribution in [0.1, 0.15) is 25.1 Å². The van der Waals surface area contributed by atoms with Crippen LogP contribution in [0, 0.1) is 6.92 Å². The summed E-state index contributed by atoms with van der Waals surface area (Å²) in [4.78, 5) is 4.46. The average Bonchev–Trinajstić information content (AvgIpc) is 3.03. The maximum absolute atomic E-state index is 4.46. The lowest BCUT2D eigenvalue weighted by atomic mass is 9.98. The summed E-state index contributed by atoms with van der Waals surface area (Å²) in [5, 5.41) is 8.44. The Kier molecular flexibility index (Phi) is 4.43. The topological polar surface area (TPSA) is 41.6 Å². The minimum absolute atomic E-state index is 0.901. The quantitative estimate of drug-likeness (QED) is 0.649. The third-order valence-corrected chi connectivity index (χ3v) is 3.87. The molecule has 2 aromatic heterocycles. The molecule has 2 heterocycles. The first-order valence-corrected chi connectivity index (χ1v) is 7.96. The molecule has 0 saturated heterocycles. The minimum atomic E-state index is 0.901. The summed E-state index contributed by atoms with van der Waals surface area (Å²) in [5.41, 5.74) is 7.43. The molecule has 0 unspecified atom stereocenters. The first-order valence-electron chi connectivity index (χ1n) is 7.96. The second kappa shape index (κ2) is 6.67. The number of fused-ring (bicyclic) bond motifs is 1. The summed E-state index contributed by atoms with van der Waals surface area (Å²) < 4.78 is 0. The predicted molar refractivity (Wildman–Crippen MR) is 102 cm³/mol. The van der Waals surface area contributed by atoms with Crippen molar-refractivity contribution in [3.63, 3.8) is 0 Å². The lowest BCUT2D eigenvalue weighted by Gasteiger charge is -2.08. The van der Waals surface area contributed by atoms with Crippen molar-refractivity contribution in [2.45, 2.75) is 20.8 Å². The van der Waals surface area contributed by atoms with Crippen LogP contribution < -0.4 is 0 Å². The number of aryl methyl sites for hydroxylation is 1. The number of hydrogen-bond acceptors (Lipinski definition) is 2. The third kappa shape index (κ3) is 3.20. The molecule has 3 heteroatoms. The fourth-order valence-corrected chi connectivity index (χ4v) is 2.67. The van der Waals surface area contributed by atoms with Crippen molar-refractivity contribution in [2.24, 2.45) is 0 Å². The van der Waals surface area contributed by atoms with Crippen molar-refractivity contribution >= 4 is 16.5 Å². The van der Waals surface area contributed by atoms with E-state index in [1.807, 2.05) is 30.6 Å². The van der Waals surface area contributed by atoms with Gasteiger partial charge in [-0.25, -0.2) is 0 Å². The van der Waals surface area contributed by atoms with Gasteiger partial charge in [-0.3, -0.25) is 10.1 Å². The molecule has 0 saturated carbocycles. The Bertz CT molecular complexity index is 954. The number of rotatable bonds is 4. The van der Waals surface area contributed by atoms with Gasteiger partial charge < -0.3 is 0 Å². The zero-order valence-electron chi connectivity index (χ0n) is 14.3. The molecular weight excluding hydrogens is 294 g/mol. The lowest BCUT2D eigenvalue weighted by Crippen LogP contribution is -1.88. The van der Waals surface area contributed by atoms with Crippen molar-refractivity contribution in [2.75, 3.05) is 0 Å². The first kappa shape index (κ1) is 15.9. The van der Waals surface area contributed by atoms with E-state index < -0.39 is 0 Å². The van der Waals surface area contributed by atoms with E-state index >= 15 is 0 Å². The van der Waals surface area contributed by atoms with Gasteiger partial charge in [0.05, 0.1) is 17.4 Å². The molecule has 0 aliphatic carbocycles. The summed E-state index contributed by atoms with van der Waals surface area (Å²) in [7, 11) is 0. The number of aromatic amines is 1. The maximum Gasteiger partial charge on any atom is 0.0722 e. The molecule has 1 N–H and O–H groups in total. The minimum Gasteiger partial charge on any atom is -0.277 e. The number of aromatic nitrogens is 3. The van der Waals surface area contributed by atoms with E-state index in [4.69, 9.17) is 0 Å². The molecule has 3 aromatic rings. The van der Waals surface area contributed by atoms with Gasteiger partial charge in [-0.05, 0) is 50.1 Å². The zero-order chi connectivity index (χ0) is 17.1. The van der Waals surface area contributed by atoms with E-state index in [0.29, 0.717) is 0 Å². The number of nitrogens with one attached hydrogen (secondary N) is 1. The Morgan fingerprint density at radius 1 is 1.17 bits per heavy atom. The summed E-state index contributed by atoms with van der Waals surface area (Å²) in [6.45, 7) is 10.4. The van der Waals surface area contributed by atoms with Gasteiger partial charge in [0.1, 0.15) is 0 Å². The van der Waals surface area contributed by atoms with Crippen molar-refractivity contribution in [1.29, 1.82) is 0 Å². The van der Waals surface area contributed by atoms with Crippen molar-refractivity contribution in [3.05, 3.63) is 78.3 Å². The van der Waals surface area contributed by atoms with Crippen LogP contribution in [-0.4, -0.2) is 15.2 Å². The molecule has 0 atom stereocenters. The van der Waals surface area contributed by atoms with Crippen LogP contribution in [0.5, 0.6) is 0 Å². The predicted octanol–water partition coefficient (Wildman–Crippen LogP) is 5.47. The summed E-state index contributed by atoms with van der Waals surface area (Å²) in [6, 6.07) is 8.33. The molecule has 3 rings (SSSR count). The van der Waals surface area contributed by atoms with Gasteiger partial charge in [0, 0.05) is 17.1 Å². The van der Waals surface area contributed by atoms with Gasteiger partial charge in [-0.1, -0.05) is 42.0 Å². The SMILES string of the molecule is C=C(/C=C\C=C(C)C)c1[nH]ncc1-c1ccnc2ccc(C)cc12. The van der Waals surface area contributed by atoms with Crippen molar-refractivity contribution < 1.29 is 0 Å². The van der Waals surface area contributed by atoms with Crippen LogP contribution in [0.15, 0.2) is 67.0 Å². The largest absolute Gasteiger partial charge is 0.277 e. The standard InChI is InChI=1S/C21H21N3/c1-14(2)6-5-7-16(4)21-19(13-23-24-21)17-10-11-22-20-9-8-15(3)12-18(17)20/h5-13H,4H2,1-3H3,(H,23,24)/b7-5-.